The van der Waals surface area contributed by atoms with Crippen LogP contribution in [0.2, 0.25) is 0 Å². The third-order valence-electron chi connectivity index (χ3n) is 3.11. The van der Waals surface area contributed by atoms with E-state index in [0.717, 1.165) is 17.4 Å². The van der Waals surface area contributed by atoms with Crippen molar-refractivity contribution < 1.29 is 0 Å². The van der Waals surface area contributed by atoms with Gasteiger partial charge >= 0.3 is 5.69 Å². The highest BCUT2D eigenvalue weighted by Crippen LogP contribution is 2.35. The van der Waals surface area contributed by atoms with Crippen LogP contribution < -0.4 is 11.2 Å². The summed E-state index contributed by atoms with van der Waals surface area (Å²) >= 11 is 0. The standard InChI is InChI=1S/C10H12N4O2.C2H6/c1-12-7-5-11-14(6-3-4-6)8(7)9(15)13(2)10(12)16;1-2/h5-6H,3-4H2,1-2H3;1-2H3. The fraction of sp³-hybridized carbons (Fsp3) is 0.583. The number of fused-ring (bicyclic) bond motifs is 1. The van der Waals surface area contributed by atoms with Gasteiger partial charge in [0.2, 0.25) is 0 Å². The third kappa shape index (κ3) is 1.68. The number of rotatable bonds is 1. The molecule has 0 aliphatic heterocycles. The van der Waals surface area contributed by atoms with E-state index in [1.807, 2.05) is 13.8 Å². The van der Waals surface area contributed by atoms with Gasteiger partial charge in [0.05, 0.1) is 17.8 Å². The molecule has 3 rings (SSSR count). The molecule has 0 aromatic carbocycles. The monoisotopic (exact) mass is 250 g/mol. The predicted molar refractivity (Wildman–Crippen MR) is 69.8 cm³/mol. The van der Waals surface area contributed by atoms with Gasteiger partial charge in [-0.05, 0) is 12.8 Å². The molecule has 0 atom stereocenters. The first-order chi connectivity index (χ1) is 8.61. The summed E-state index contributed by atoms with van der Waals surface area (Å²) in [6.07, 6.45) is 3.71. The van der Waals surface area contributed by atoms with Crippen LogP contribution in [-0.4, -0.2) is 18.9 Å². The summed E-state index contributed by atoms with van der Waals surface area (Å²) < 4.78 is 4.34. The molecular formula is C12H18N4O2. The lowest BCUT2D eigenvalue weighted by Crippen LogP contribution is -2.37. The van der Waals surface area contributed by atoms with E-state index in [0.29, 0.717) is 17.1 Å². The number of hydrogen-bond donors (Lipinski definition) is 0. The van der Waals surface area contributed by atoms with Gasteiger partial charge in [-0.25, -0.2) is 4.79 Å². The number of hydrogen-bond acceptors (Lipinski definition) is 3. The van der Waals surface area contributed by atoms with Gasteiger partial charge in [0.15, 0.2) is 5.52 Å². The molecule has 18 heavy (non-hydrogen) atoms. The summed E-state index contributed by atoms with van der Waals surface area (Å²) in [6, 6.07) is 0.336. The summed E-state index contributed by atoms with van der Waals surface area (Å²) in [5.41, 5.74) is 0.572. The highest BCUT2D eigenvalue weighted by molar-refractivity contribution is 5.73. The first kappa shape index (κ1) is 12.6. The molecule has 2 aromatic heterocycles. The van der Waals surface area contributed by atoms with Gasteiger partial charge in [0.1, 0.15) is 0 Å². The maximum absolute atomic E-state index is 12.0. The highest BCUT2D eigenvalue weighted by Gasteiger charge is 2.28. The summed E-state index contributed by atoms with van der Waals surface area (Å²) in [5.74, 6) is 0. The lowest BCUT2D eigenvalue weighted by Gasteiger charge is -2.04. The van der Waals surface area contributed by atoms with E-state index >= 15 is 0 Å². The second kappa shape index (κ2) is 4.44. The molecule has 6 nitrogen and oxygen atoms in total. The molecule has 98 valence electrons. The van der Waals surface area contributed by atoms with E-state index in [4.69, 9.17) is 0 Å². The van der Waals surface area contributed by atoms with Crippen molar-refractivity contribution in [2.75, 3.05) is 0 Å². The molecule has 2 aromatic rings. The predicted octanol–water partition coefficient (Wildman–Crippen LogP) is 0.795. The first-order valence-electron chi connectivity index (χ1n) is 6.24. The van der Waals surface area contributed by atoms with Gasteiger partial charge in [0.25, 0.3) is 5.56 Å². The minimum absolute atomic E-state index is 0.262. The molecule has 0 amide bonds. The van der Waals surface area contributed by atoms with E-state index in [1.54, 1.807) is 17.9 Å². The molecule has 2 heterocycles. The van der Waals surface area contributed by atoms with Crippen molar-refractivity contribution in [3.63, 3.8) is 0 Å². The van der Waals surface area contributed by atoms with Crippen LogP contribution in [0.3, 0.4) is 0 Å². The van der Waals surface area contributed by atoms with E-state index < -0.39 is 0 Å². The fourth-order valence-electron chi connectivity index (χ4n) is 1.98. The maximum atomic E-state index is 12.0. The van der Waals surface area contributed by atoms with Crippen molar-refractivity contribution in [1.29, 1.82) is 0 Å². The van der Waals surface area contributed by atoms with Crippen LogP contribution in [0, 0.1) is 0 Å². The molecule has 1 aliphatic rings. The molecule has 0 radical (unpaired) electrons. The molecule has 0 bridgehead atoms. The quantitative estimate of drug-likeness (QED) is 0.752. The van der Waals surface area contributed by atoms with Crippen LogP contribution in [0.25, 0.3) is 11.0 Å². The Morgan fingerprint density at radius 2 is 1.78 bits per heavy atom. The molecule has 0 saturated heterocycles. The SMILES string of the molecule is CC.Cn1c(=O)c2c(cnn2C2CC2)n(C)c1=O. The van der Waals surface area contributed by atoms with Crippen LogP contribution >= 0.6 is 0 Å². The van der Waals surface area contributed by atoms with E-state index in [1.165, 1.54) is 11.6 Å². The second-order valence-electron chi connectivity index (χ2n) is 4.26. The molecule has 1 aliphatic carbocycles. The summed E-state index contributed by atoms with van der Waals surface area (Å²) in [5, 5.41) is 4.20. The normalized spacial score (nSPS) is 14.4. The Kier molecular flexibility index (Phi) is 3.11. The first-order valence-corrected chi connectivity index (χ1v) is 6.24. The Hall–Kier alpha value is -1.85. The highest BCUT2D eigenvalue weighted by atomic mass is 16.2. The van der Waals surface area contributed by atoms with Crippen molar-refractivity contribution in [3.05, 3.63) is 27.0 Å². The van der Waals surface area contributed by atoms with Crippen molar-refractivity contribution in [2.24, 2.45) is 14.1 Å². The largest absolute Gasteiger partial charge is 0.331 e. The molecule has 0 unspecified atom stereocenters. The van der Waals surface area contributed by atoms with Crippen molar-refractivity contribution in [3.8, 4) is 0 Å². The third-order valence-corrected chi connectivity index (χ3v) is 3.11. The second-order valence-corrected chi connectivity index (χ2v) is 4.26. The Morgan fingerprint density at radius 1 is 1.17 bits per heavy atom. The van der Waals surface area contributed by atoms with Crippen molar-refractivity contribution in [2.45, 2.75) is 32.7 Å². The van der Waals surface area contributed by atoms with Gasteiger partial charge in [-0.2, -0.15) is 5.10 Å². The molecule has 1 fully saturated rings. The number of nitrogens with zero attached hydrogens (tertiary/aromatic N) is 4. The minimum atomic E-state index is -0.312. The van der Waals surface area contributed by atoms with Crippen LogP contribution in [0.1, 0.15) is 32.7 Å². The van der Waals surface area contributed by atoms with E-state index in [-0.39, 0.29) is 11.2 Å². The Labute approximate surface area is 104 Å². The fourth-order valence-corrected chi connectivity index (χ4v) is 1.98. The zero-order valence-corrected chi connectivity index (χ0v) is 11.2. The number of aryl methyl sites for hydroxylation is 1. The molecular weight excluding hydrogens is 232 g/mol. The van der Waals surface area contributed by atoms with Gasteiger partial charge < -0.3 is 0 Å². The van der Waals surface area contributed by atoms with Crippen LogP contribution in [-0.2, 0) is 14.1 Å². The maximum Gasteiger partial charge on any atom is 0.331 e. The zero-order valence-electron chi connectivity index (χ0n) is 11.2. The lowest BCUT2D eigenvalue weighted by atomic mass is 10.4. The Morgan fingerprint density at radius 3 is 2.33 bits per heavy atom. The van der Waals surface area contributed by atoms with Gasteiger partial charge in [-0.1, -0.05) is 13.8 Å². The lowest BCUT2D eigenvalue weighted by molar-refractivity contribution is 0.650. The summed E-state index contributed by atoms with van der Waals surface area (Å²) in [6.45, 7) is 4.00. The van der Waals surface area contributed by atoms with E-state index in [2.05, 4.69) is 5.10 Å². The van der Waals surface area contributed by atoms with Crippen LogP contribution in [0.4, 0.5) is 0 Å². The summed E-state index contributed by atoms with van der Waals surface area (Å²) in [7, 11) is 3.15. The topological polar surface area (TPSA) is 61.8 Å². The van der Waals surface area contributed by atoms with Crippen molar-refractivity contribution in [1.82, 2.24) is 18.9 Å². The molecule has 1 saturated carbocycles. The molecule has 0 N–H and O–H groups in total. The minimum Gasteiger partial charge on any atom is -0.293 e. The zero-order chi connectivity index (χ0) is 13.4. The van der Waals surface area contributed by atoms with Crippen LogP contribution in [0.5, 0.6) is 0 Å². The Balaban J connectivity index is 0.000000574. The summed E-state index contributed by atoms with van der Waals surface area (Å²) in [4.78, 5) is 23.7. The molecule has 0 spiro atoms. The number of aromatic nitrogens is 4. The average molecular weight is 250 g/mol. The average Bonchev–Trinajstić information content (AvgIpc) is 3.15. The van der Waals surface area contributed by atoms with Crippen LogP contribution in [0.15, 0.2) is 15.8 Å². The Bertz CT molecular complexity index is 688. The molecule has 6 heteroatoms. The van der Waals surface area contributed by atoms with E-state index in [9.17, 15) is 9.59 Å². The van der Waals surface area contributed by atoms with Gasteiger partial charge in [-0.3, -0.25) is 18.6 Å². The van der Waals surface area contributed by atoms with Gasteiger partial charge in [-0.15, -0.1) is 0 Å². The van der Waals surface area contributed by atoms with Crippen molar-refractivity contribution >= 4 is 11.0 Å². The van der Waals surface area contributed by atoms with Gasteiger partial charge in [0, 0.05) is 14.1 Å². The smallest absolute Gasteiger partial charge is 0.293 e.